The standard InChI is InChI=1S/C11H24N2O/c1-10(2)14-7-6-13(3)5-4-11-8-12-9-11/h10-12H,4-9H2,1-3H3. The molecule has 1 aliphatic heterocycles. The molecule has 0 saturated carbocycles. The molecule has 0 atom stereocenters. The van der Waals surface area contributed by atoms with Gasteiger partial charge in [0.25, 0.3) is 0 Å². The molecule has 84 valence electrons. The first-order valence-electron chi connectivity index (χ1n) is 5.69. The molecule has 0 aromatic rings. The van der Waals surface area contributed by atoms with Crippen molar-refractivity contribution in [1.29, 1.82) is 0 Å². The third-order valence-corrected chi connectivity index (χ3v) is 2.71. The van der Waals surface area contributed by atoms with Gasteiger partial charge in [-0.05, 0) is 52.9 Å². The zero-order valence-corrected chi connectivity index (χ0v) is 9.75. The summed E-state index contributed by atoms with van der Waals surface area (Å²) in [4.78, 5) is 2.36. The van der Waals surface area contributed by atoms with Gasteiger partial charge in [-0.15, -0.1) is 0 Å². The lowest BCUT2D eigenvalue weighted by molar-refractivity contribution is 0.0624. The van der Waals surface area contributed by atoms with E-state index in [1.165, 1.54) is 26.1 Å². The number of hydrogen-bond donors (Lipinski definition) is 1. The van der Waals surface area contributed by atoms with E-state index in [9.17, 15) is 0 Å². The molecule has 3 heteroatoms. The van der Waals surface area contributed by atoms with Gasteiger partial charge in [0.15, 0.2) is 0 Å². The maximum absolute atomic E-state index is 5.51. The highest BCUT2D eigenvalue weighted by atomic mass is 16.5. The van der Waals surface area contributed by atoms with Gasteiger partial charge in [-0.25, -0.2) is 0 Å². The summed E-state index contributed by atoms with van der Waals surface area (Å²) in [6.07, 6.45) is 1.68. The molecular weight excluding hydrogens is 176 g/mol. The van der Waals surface area contributed by atoms with Crippen LogP contribution in [0.2, 0.25) is 0 Å². The highest BCUT2D eigenvalue weighted by Gasteiger charge is 2.16. The zero-order valence-electron chi connectivity index (χ0n) is 9.75. The van der Waals surface area contributed by atoms with Crippen LogP contribution in [0.1, 0.15) is 20.3 Å². The lowest BCUT2D eigenvalue weighted by Crippen LogP contribution is -2.43. The summed E-state index contributed by atoms with van der Waals surface area (Å²) in [5, 5.41) is 3.30. The van der Waals surface area contributed by atoms with Crippen LogP contribution in [0, 0.1) is 5.92 Å². The fraction of sp³-hybridized carbons (Fsp3) is 1.00. The van der Waals surface area contributed by atoms with Crippen molar-refractivity contribution in [3.8, 4) is 0 Å². The average Bonchev–Trinajstić information content (AvgIpc) is 2.00. The van der Waals surface area contributed by atoms with Crippen molar-refractivity contribution in [2.75, 3.05) is 39.8 Å². The van der Waals surface area contributed by atoms with Gasteiger partial charge in [-0.2, -0.15) is 0 Å². The van der Waals surface area contributed by atoms with Gasteiger partial charge in [-0.3, -0.25) is 0 Å². The number of rotatable bonds is 7. The number of ether oxygens (including phenoxy) is 1. The van der Waals surface area contributed by atoms with Gasteiger partial charge < -0.3 is 15.0 Å². The summed E-state index contributed by atoms with van der Waals surface area (Å²) >= 11 is 0. The maximum atomic E-state index is 5.51. The third kappa shape index (κ3) is 4.94. The SMILES string of the molecule is CC(C)OCCN(C)CCC1CNC1. The molecule has 1 heterocycles. The van der Waals surface area contributed by atoms with Crippen molar-refractivity contribution in [2.45, 2.75) is 26.4 Å². The lowest BCUT2D eigenvalue weighted by atomic mass is 9.99. The van der Waals surface area contributed by atoms with Gasteiger partial charge in [0.05, 0.1) is 12.7 Å². The molecule has 0 amide bonds. The molecule has 0 spiro atoms. The van der Waals surface area contributed by atoms with Crippen LogP contribution in [-0.2, 0) is 4.74 Å². The minimum atomic E-state index is 0.360. The second-order valence-corrected chi connectivity index (χ2v) is 4.54. The maximum Gasteiger partial charge on any atom is 0.0596 e. The number of hydrogen-bond acceptors (Lipinski definition) is 3. The van der Waals surface area contributed by atoms with Crippen molar-refractivity contribution >= 4 is 0 Å². The highest BCUT2D eigenvalue weighted by Crippen LogP contribution is 2.08. The van der Waals surface area contributed by atoms with Crippen LogP contribution in [0.25, 0.3) is 0 Å². The molecule has 1 saturated heterocycles. The van der Waals surface area contributed by atoms with E-state index in [0.717, 1.165) is 19.1 Å². The minimum Gasteiger partial charge on any atom is -0.377 e. The van der Waals surface area contributed by atoms with Gasteiger partial charge in [0.2, 0.25) is 0 Å². The van der Waals surface area contributed by atoms with Crippen LogP contribution in [0.15, 0.2) is 0 Å². The van der Waals surface area contributed by atoms with E-state index in [2.05, 4.69) is 31.1 Å². The summed E-state index contributed by atoms with van der Waals surface area (Å²) in [6.45, 7) is 9.72. The molecule has 3 nitrogen and oxygen atoms in total. The van der Waals surface area contributed by atoms with Crippen molar-refractivity contribution in [1.82, 2.24) is 10.2 Å². The predicted molar refractivity (Wildman–Crippen MR) is 59.6 cm³/mol. The van der Waals surface area contributed by atoms with Gasteiger partial charge in [0.1, 0.15) is 0 Å². The Kier molecular flexibility index (Phi) is 5.45. The molecule has 1 fully saturated rings. The highest BCUT2D eigenvalue weighted by molar-refractivity contribution is 4.75. The monoisotopic (exact) mass is 200 g/mol. The Morgan fingerprint density at radius 3 is 2.57 bits per heavy atom. The van der Waals surface area contributed by atoms with E-state index in [1.807, 2.05) is 0 Å². The smallest absolute Gasteiger partial charge is 0.0596 e. The Morgan fingerprint density at radius 2 is 2.07 bits per heavy atom. The molecular formula is C11H24N2O. The number of nitrogens with zero attached hydrogens (tertiary/aromatic N) is 1. The van der Waals surface area contributed by atoms with E-state index in [4.69, 9.17) is 4.74 Å². The largest absolute Gasteiger partial charge is 0.377 e. The molecule has 1 N–H and O–H groups in total. The van der Waals surface area contributed by atoms with E-state index < -0.39 is 0 Å². The summed E-state index contributed by atoms with van der Waals surface area (Å²) in [5.41, 5.74) is 0. The summed E-state index contributed by atoms with van der Waals surface area (Å²) < 4.78 is 5.51. The molecule has 1 rings (SSSR count). The second-order valence-electron chi connectivity index (χ2n) is 4.54. The third-order valence-electron chi connectivity index (χ3n) is 2.71. The topological polar surface area (TPSA) is 24.5 Å². The van der Waals surface area contributed by atoms with Crippen LogP contribution in [0.3, 0.4) is 0 Å². The van der Waals surface area contributed by atoms with Crippen molar-refractivity contribution in [3.05, 3.63) is 0 Å². The van der Waals surface area contributed by atoms with Crippen LogP contribution >= 0.6 is 0 Å². The van der Waals surface area contributed by atoms with Crippen LogP contribution in [0.5, 0.6) is 0 Å². The Labute approximate surface area is 87.8 Å². The van der Waals surface area contributed by atoms with Crippen LogP contribution < -0.4 is 5.32 Å². The summed E-state index contributed by atoms with van der Waals surface area (Å²) in [7, 11) is 2.18. The number of nitrogens with one attached hydrogen (secondary N) is 1. The molecule has 14 heavy (non-hydrogen) atoms. The molecule has 0 aliphatic carbocycles. The Bertz CT molecular complexity index is 146. The summed E-state index contributed by atoms with van der Waals surface area (Å²) in [5.74, 6) is 0.920. The first kappa shape index (κ1) is 12.0. The average molecular weight is 200 g/mol. The fourth-order valence-corrected chi connectivity index (χ4v) is 1.51. The van der Waals surface area contributed by atoms with Crippen molar-refractivity contribution in [2.24, 2.45) is 5.92 Å². The molecule has 0 radical (unpaired) electrons. The normalized spacial score (nSPS) is 17.8. The Balaban J connectivity index is 1.89. The van der Waals surface area contributed by atoms with Crippen LogP contribution in [-0.4, -0.2) is 50.8 Å². The lowest BCUT2D eigenvalue weighted by Gasteiger charge is -2.29. The first-order valence-corrected chi connectivity index (χ1v) is 5.69. The predicted octanol–water partition coefficient (Wildman–Crippen LogP) is 0.953. The van der Waals surface area contributed by atoms with E-state index in [-0.39, 0.29) is 0 Å². The quantitative estimate of drug-likeness (QED) is 0.662. The first-order chi connectivity index (χ1) is 6.68. The van der Waals surface area contributed by atoms with Gasteiger partial charge in [0, 0.05) is 6.54 Å². The van der Waals surface area contributed by atoms with Gasteiger partial charge >= 0.3 is 0 Å². The summed E-state index contributed by atoms with van der Waals surface area (Å²) in [6, 6.07) is 0. The van der Waals surface area contributed by atoms with E-state index in [0.29, 0.717) is 6.10 Å². The second kappa shape index (κ2) is 6.38. The fourth-order valence-electron chi connectivity index (χ4n) is 1.51. The zero-order chi connectivity index (χ0) is 10.4. The Hall–Kier alpha value is -0.120. The Morgan fingerprint density at radius 1 is 1.36 bits per heavy atom. The molecule has 0 unspecified atom stereocenters. The number of likely N-dealkylation sites (N-methyl/N-ethyl adjacent to an activating group) is 1. The van der Waals surface area contributed by atoms with Crippen LogP contribution in [0.4, 0.5) is 0 Å². The molecule has 1 aliphatic rings. The van der Waals surface area contributed by atoms with E-state index in [1.54, 1.807) is 0 Å². The van der Waals surface area contributed by atoms with E-state index >= 15 is 0 Å². The molecule has 0 bridgehead atoms. The minimum absolute atomic E-state index is 0.360. The van der Waals surface area contributed by atoms with Crippen molar-refractivity contribution in [3.63, 3.8) is 0 Å². The van der Waals surface area contributed by atoms with Gasteiger partial charge in [-0.1, -0.05) is 0 Å². The molecule has 0 aromatic carbocycles. The molecule has 0 aromatic heterocycles. The van der Waals surface area contributed by atoms with Crippen molar-refractivity contribution < 1.29 is 4.74 Å².